The lowest BCUT2D eigenvalue weighted by Crippen LogP contribution is -2.08. The summed E-state index contributed by atoms with van der Waals surface area (Å²) in [6.07, 6.45) is 1.61. The van der Waals surface area contributed by atoms with E-state index < -0.39 is 0 Å². The van der Waals surface area contributed by atoms with Crippen molar-refractivity contribution in [1.29, 1.82) is 5.26 Å². The first-order valence-electron chi connectivity index (χ1n) is 3.93. The summed E-state index contributed by atoms with van der Waals surface area (Å²) in [5.41, 5.74) is 0.418. The molecule has 4 heteroatoms. The fourth-order valence-electron chi connectivity index (χ4n) is 0.726. The van der Waals surface area contributed by atoms with Gasteiger partial charge < -0.3 is 0 Å². The summed E-state index contributed by atoms with van der Waals surface area (Å²) in [6.45, 7) is 6.25. The third-order valence-corrected chi connectivity index (χ3v) is 2.14. The summed E-state index contributed by atoms with van der Waals surface area (Å²) >= 11 is 1.56. The number of thioether (sulfide) groups is 1. The van der Waals surface area contributed by atoms with Crippen molar-refractivity contribution >= 4 is 11.8 Å². The van der Waals surface area contributed by atoms with Crippen molar-refractivity contribution < 1.29 is 0 Å². The van der Waals surface area contributed by atoms with E-state index in [1.807, 2.05) is 6.07 Å². The maximum absolute atomic E-state index is 8.61. The van der Waals surface area contributed by atoms with E-state index in [9.17, 15) is 0 Å². The number of hydrogen-bond acceptors (Lipinski definition) is 4. The van der Waals surface area contributed by atoms with Crippen LogP contribution in [-0.4, -0.2) is 14.7 Å². The topological polar surface area (TPSA) is 49.6 Å². The number of nitrogens with zero attached hydrogens (tertiary/aromatic N) is 3. The highest BCUT2D eigenvalue weighted by atomic mass is 32.2. The van der Waals surface area contributed by atoms with Crippen LogP contribution in [0.3, 0.4) is 0 Å². The van der Waals surface area contributed by atoms with Gasteiger partial charge in [0.25, 0.3) is 0 Å². The van der Waals surface area contributed by atoms with E-state index >= 15 is 0 Å². The van der Waals surface area contributed by atoms with Crippen LogP contribution in [0.5, 0.6) is 0 Å². The number of aromatic nitrogens is 2. The van der Waals surface area contributed by atoms with Gasteiger partial charge in [-0.1, -0.05) is 32.5 Å². The summed E-state index contributed by atoms with van der Waals surface area (Å²) in [7, 11) is 0. The van der Waals surface area contributed by atoms with Gasteiger partial charge in [0.1, 0.15) is 11.8 Å². The van der Waals surface area contributed by atoms with E-state index in [1.54, 1.807) is 24.0 Å². The standard InChI is InChI=1S/C9H11N3S/c1-9(2,3)13-8-11-5-4-7(6-10)12-8/h4-5H,1-3H3. The van der Waals surface area contributed by atoms with Crippen LogP contribution < -0.4 is 0 Å². The summed E-state index contributed by atoms with van der Waals surface area (Å²) < 4.78 is 0.0775. The molecule has 0 radical (unpaired) electrons. The second-order valence-corrected chi connectivity index (χ2v) is 5.34. The van der Waals surface area contributed by atoms with E-state index in [1.165, 1.54) is 0 Å². The molecule has 0 N–H and O–H groups in total. The van der Waals surface area contributed by atoms with Crippen molar-refractivity contribution in [3.8, 4) is 6.07 Å². The van der Waals surface area contributed by atoms with Crippen molar-refractivity contribution in [2.75, 3.05) is 0 Å². The molecular weight excluding hydrogens is 182 g/mol. The minimum atomic E-state index is 0.0775. The van der Waals surface area contributed by atoms with Gasteiger partial charge in [0, 0.05) is 10.9 Å². The van der Waals surface area contributed by atoms with Crippen LogP contribution in [0.2, 0.25) is 0 Å². The van der Waals surface area contributed by atoms with Gasteiger partial charge in [-0.05, 0) is 6.07 Å². The highest BCUT2D eigenvalue weighted by Gasteiger charge is 2.14. The van der Waals surface area contributed by atoms with Crippen LogP contribution in [-0.2, 0) is 0 Å². The van der Waals surface area contributed by atoms with E-state index in [4.69, 9.17) is 5.26 Å². The highest BCUT2D eigenvalue weighted by Crippen LogP contribution is 2.28. The molecule has 0 fully saturated rings. The third-order valence-electron chi connectivity index (χ3n) is 1.15. The van der Waals surface area contributed by atoms with E-state index in [0.29, 0.717) is 10.9 Å². The van der Waals surface area contributed by atoms with Gasteiger partial charge in [-0.25, -0.2) is 9.97 Å². The molecule has 1 aromatic rings. The molecular formula is C9H11N3S. The number of rotatable bonds is 1. The maximum atomic E-state index is 8.61. The third kappa shape index (κ3) is 3.43. The zero-order chi connectivity index (χ0) is 9.90. The molecule has 1 aromatic heterocycles. The Bertz CT molecular complexity index is 335. The van der Waals surface area contributed by atoms with Gasteiger partial charge in [-0.15, -0.1) is 0 Å². The minimum absolute atomic E-state index is 0.0775. The zero-order valence-corrected chi connectivity index (χ0v) is 8.72. The summed E-state index contributed by atoms with van der Waals surface area (Å²) in [4.78, 5) is 8.14. The Labute approximate surface area is 82.2 Å². The monoisotopic (exact) mass is 193 g/mol. The van der Waals surface area contributed by atoms with Crippen LogP contribution in [0.25, 0.3) is 0 Å². The Kier molecular flexibility index (Phi) is 2.89. The lowest BCUT2D eigenvalue weighted by molar-refractivity contribution is 0.791. The average molecular weight is 193 g/mol. The van der Waals surface area contributed by atoms with E-state index in [-0.39, 0.29) is 4.75 Å². The highest BCUT2D eigenvalue weighted by molar-refractivity contribution is 8.00. The van der Waals surface area contributed by atoms with Crippen molar-refractivity contribution in [3.05, 3.63) is 18.0 Å². The van der Waals surface area contributed by atoms with Gasteiger partial charge in [0.2, 0.25) is 0 Å². The number of hydrogen-bond donors (Lipinski definition) is 0. The molecule has 0 bridgehead atoms. The summed E-state index contributed by atoms with van der Waals surface area (Å²) in [6, 6.07) is 3.59. The van der Waals surface area contributed by atoms with Crippen molar-refractivity contribution in [1.82, 2.24) is 9.97 Å². The van der Waals surface area contributed by atoms with Gasteiger partial charge in [0.05, 0.1) is 0 Å². The van der Waals surface area contributed by atoms with Crippen LogP contribution in [0.4, 0.5) is 0 Å². The molecule has 1 heterocycles. The molecule has 3 nitrogen and oxygen atoms in total. The summed E-state index contributed by atoms with van der Waals surface area (Å²) in [5, 5.41) is 9.27. The quantitative estimate of drug-likeness (QED) is 0.507. The first-order chi connectivity index (χ1) is 6.01. The Morgan fingerprint density at radius 2 is 2.15 bits per heavy atom. The Hall–Kier alpha value is -1.08. The van der Waals surface area contributed by atoms with Gasteiger partial charge >= 0.3 is 0 Å². The Morgan fingerprint density at radius 3 is 2.69 bits per heavy atom. The summed E-state index contributed by atoms with van der Waals surface area (Å²) in [5.74, 6) is 0. The fraction of sp³-hybridized carbons (Fsp3) is 0.444. The molecule has 13 heavy (non-hydrogen) atoms. The molecule has 0 saturated heterocycles. The largest absolute Gasteiger partial charge is 0.231 e. The lowest BCUT2D eigenvalue weighted by Gasteiger charge is -2.15. The van der Waals surface area contributed by atoms with Crippen molar-refractivity contribution in [2.45, 2.75) is 30.7 Å². The number of nitriles is 1. The average Bonchev–Trinajstić information content (AvgIpc) is 2.01. The molecule has 0 aromatic carbocycles. The predicted molar refractivity (Wildman–Crippen MR) is 52.4 cm³/mol. The van der Waals surface area contributed by atoms with E-state index in [2.05, 4.69) is 30.7 Å². The fourth-order valence-corrected chi connectivity index (χ4v) is 1.53. The molecule has 0 spiro atoms. The molecule has 0 saturated carbocycles. The molecule has 0 aliphatic rings. The molecule has 0 aliphatic heterocycles. The SMILES string of the molecule is CC(C)(C)Sc1nccc(C#N)n1. The first-order valence-corrected chi connectivity index (χ1v) is 4.75. The van der Waals surface area contributed by atoms with Crippen molar-refractivity contribution in [3.63, 3.8) is 0 Å². The second-order valence-electron chi connectivity index (χ2n) is 3.55. The zero-order valence-electron chi connectivity index (χ0n) is 7.90. The van der Waals surface area contributed by atoms with Crippen molar-refractivity contribution in [2.24, 2.45) is 0 Å². The van der Waals surface area contributed by atoms with Crippen LogP contribution in [0.15, 0.2) is 17.4 Å². The van der Waals surface area contributed by atoms with Gasteiger partial charge in [0.15, 0.2) is 5.16 Å². The van der Waals surface area contributed by atoms with Crippen LogP contribution in [0, 0.1) is 11.3 Å². The maximum Gasteiger partial charge on any atom is 0.189 e. The predicted octanol–water partition coefficient (Wildman–Crippen LogP) is 2.24. The lowest BCUT2D eigenvalue weighted by atomic mass is 10.3. The molecule has 68 valence electrons. The molecule has 0 amide bonds. The molecule has 0 atom stereocenters. The van der Waals surface area contributed by atoms with Gasteiger partial charge in [-0.2, -0.15) is 5.26 Å². The Morgan fingerprint density at radius 1 is 1.46 bits per heavy atom. The van der Waals surface area contributed by atoms with Crippen LogP contribution >= 0.6 is 11.8 Å². The molecule has 1 rings (SSSR count). The van der Waals surface area contributed by atoms with Gasteiger partial charge in [-0.3, -0.25) is 0 Å². The van der Waals surface area contributed by atoms with Crippen LogP contribution in [0.1, 0.15) is 26.5 Å². The first kappa shape index (κ1) is 10.0. The normalized spacial score (nSPS) is 10.9. The smallest absolute Gasteiger partial charge is 0.189 e. The minimum Gasteiger partial charge on any atom is -0.231 e. The van der Waals surface area contributed by atoms with E-state index in [0.717, 1.165) is 0 Å². The second kappa shape index (κ2) is 3.75. The molecule has 0 unspecified atom stereocenters. The Balaban J connectivity index is 2.86. The molecule has 0 aliphatic carbocycles.